The lowest BCUT2D eigenvalue weighted by Crippen LogP contribution is -2.07. The zero-order valence-electron chi connectivity index (χ0n) is 9.88. The normalized spacial score (nSPS) is 11.3. The van der Waals surface area contributed by atoms with Crippen LogP contribution in [-0.2, 0) is 13.0 Å². The molecule has 1 aromatic carbocycles. The van der Waals surface area contributed by atoms with Crippen LogP contribution in [0.4, 0.5) is 4.39 Å². The summed E-state index contributed by atoms with van der Waals surface area (Å²) in [7, 11) is 0. The fraction of sp³-hybridized carbons (Fsp3) is 0.250. The fourth-order valence-corrected chi connectivity index (χ4v) is 2.18. The summed E-state index contributed by atoms with van der Waals surface area (Å²) in [6.45, 7) is 0.421. The molecule has 0 aliphatic heterocycles. The second kappa shape index (κ2) is 4.97. The van der Waals surface area contributed by atoms with Crippen LogP contribution in [0.25, 0.3) is 11.0 Å². The molecule has 0 N–H and O–H groups in total. The Morgan fingerprint density at radius 2 is 2.26 bits per heavy atom. The maximum Gasteiger partial charge on any atom is 0.213 e. The highest BCUT2D eigenvalue weighted by molar-refractivity contribution is 6.17. The van der Waals surface area contributed by atoms with Gasteiger partial charge in [0.15, 0.2) is 5.82 Å². The molecule has 0 atom stereocenters. The van der Waals surface area contributed by atoms with Gasteiger partial charge < -0.3 is 9.09 Å². The van der Waals surface area contributed by atoms with Gasteiger partial charge in [-0.25, -0.2) is 9.37 Å². The highest BCUT2D eigenvalue weighted by Gasteiger charge is 2.13. The summed E-state index contributed by atoms with van der Waals surface area (Å²) in [5.41, 5.74) is 1.43. The fourth-order valence-electron chi connectivity index (χ4n) is 2.01. The summed E-state index contributed by atoms with van der Waals surface area (Å²) >= 11 is 5.77. The zero-order valence-corrected chi connectivity index (χ0v) is 10.6. The molecular weight excluding hydrogens is 271 g/mol. The number of hydrogen-bond donors (Lipinski definition) is 0. The first kappa shape index (κ1) is 12.1. The third-order valence-electron chi connectivity index (χ3n) is 2.81. The number of aromatic nitrogens is 4. The van der Waals surface area contributed by atoms with Crippen LogP contribution >= 0.6 is 11.6 Å². The molecule has 0 fully saturated rings. The molecule has 0 bridgehead atoms. The van der Waals surface area contributed by atoms with Crippen molar-refractivity contribution in [1.82, 2.24) is 19.7 Å². The van der Waals surface area contributed by atoms with Crippen molar-refractivity contribution in [3.63, 3.8) is 0 Å². The van der Waals surface area contributed by atoms with E-state index in [2.05, 4.69) is 15.1 Å². The molecule has 3 rings (SSSR count). The second-order valence-corrected chi connectivity index (χ2v) is 4.41. The lowest BCUT2D eigenvalue weighted by molar-refractivity contribution is 0.408. The minimum Gasteiger partial charge on any atom is -0.343 e. The molecule has 0 saturated carbocycles. The Hall–Kier alpha value is -1.95. The van der Waals surface area contributed by atoms with Crippen molar-refractivity contribution in [3.05, 3.63) is 42.1 Å². The summed E-state index contributed by atoms with van der Waals surface area (Å²) in [6, 6.07) is 4.50. The average molecular weight is 281 g/mol. The summed E-state index contributed by atoms with van der Waals surface area (Å²) in [4.78, 5) is 8.38. The number of aryl methyl sites for hydroxylation is 1. The first-order valence-corrected chi connectivity index (χ1v) is 6.27. The molecule has 0 aliphatic carbocycles. The van der Waals surface area contributed by atoms with Crippen LogP contribution in [0.1, 0.15) is 11.6 Å². The van der Waals surface area contributed by atoms with E-state index in [0.717, 1.165) is 11.3 Å². The maximum absolute atomic E-state index is 13.2. The van der Waals surface area contributed by atoms with E-state index < -0.39 is 0 Å². The largest absolute Gasteiger partial charge is 0.343 e. The zero-order chi connectivity index (χ0) is 13.2. The summed E-state index contributed by atoms with van der Waals surface area (Å²) in [6.07, 6.45) is 1.87. The van der Waals surface area contributed by atoms with Crippen LogP contribution in [-0.4, -0.2) is 25.6 Å². The summed E-state index contributed by atoms with van der Waals surface area (Å²) < 4.78 is 19.9. The van der Waals surface area contributed by atoms with Crippen LogP contribution < -0.4 is 0 Å². The Balaban J connectivity index is 2.10. The smallest absolute Gasteiger partial charge is 0.213 e. The van der Waals surface area contributed by atoms with Gasteiger partial charge in [0.25, 0.3) is 0 Å². The van der Waals surface area contributed by atoms with E-state index in [9.17, 15) is 4.39 Å². The number of nitrogens with zero attached hydrogens (tertiary/aromatic N) is 4. The Kier molecular flexibility index (Phi) is 3.16. The standard InChI is InChI=1S/C12H10ClFN4O/c13-4-3-12-16-9-5-8(14)1-2-10(9)18(12)6-11-15-7-19-17-11/h1-2,5,7H,3-4,6H2. The molecule has 19 heavy (non-hydrogen) atoms. The van der Waals surface area contributed by atoms with Crippen LogP contribution in [0, 0.1) is 5.82 Å². The van der Waals surface area contributed by atoms with Gasteiger partial charge in [0, 0.05) is 18.4 Å². The van der Waals surface area contributed by atoms with E-state index in [4.69, 9.17) is 16.1 Å². The van der Waals surface area contributed by atoms with Crippen LogP contribution in [0.3, 0.4) is 0 Å². The van der Waals surface area contributed by atoms with Gasteiger partial charge >= 0.3 is 0 Å². The minimum atomic E-state index is -0.311. The van der Waals surface area contributed by atoms with Crippen molar-refractivity contribution in [2.75, 3.05) is 5.88 Å². The lowest BCUT2D eigenvalue weighted by Gasteiger charge is -2.05. The van der Waals surface area contributed by atoms with E-state index in [-0.39, 0.29) is 5.82 Å². The number of benzene rings is 1. The van der Waals surface area contributed by atoms with E-state index in [1.165, 1.54) is 18.5 Å². The van der Waals surface area contributed by atoms with E-state index in [1.54, 1.807) is 6.07 Å². The highest BCUT2D eigenvalue weighted by Crippen LogP contribution is 2.19. The van der Waals surface area contributed by atoms with E-state index >= 15 is 0 Å². The van der Waals surface area contributed by atoms with Gasteiger partial charge in [-0.2, -0.15) is 4.98 Å². The molecule has 0 aliphatic rings. The van der Waals surface area contributed by atoms with Gasteiger partial charge in [0.1, 0.15) is 11.6 Å². The number of fused-ring (bicyclic) bond motifs is 1. The Morgan fingerprint density at radius 1 is 1.37 bits per heavy atom. The van der Waals surface area contributed by atoms with Crippen LogP contribution in [0.2, 0.25) is 0 Å². The molecule has 7 heteroatoms. The molecule has 0 amide bonds. The molecule has 5 nitrogen and oxygen atoms in total. The molecule has 0 radical (unpaired) electrons. The van der Waals surface area contributed by atoms with Crippen molar-refractivity contribution in [3.8, 4) is 0 Å². The molecule has 0 spiro atoms. The number of halogens is 2. The quantitative estimate of drug-likeness (QED) is 0.689. The maximum atomic E-state index is 13.2. The number of hydrogen-bond acceptors (Lipinski definition) is 4. The summed E-state index contributed by atoms with van der Waals surface area (Å²) in [5, 5.41) is 3.77. The van der Waals surface area contributed by atoms with E-state index in [0.29, 0.717) is 30.2 Å². The predicted octanol–water partition coefficient (Wildman–Crippen LogP) is 2.39. The van der Waals surface area contributed by atoms with E-state index in [1.807, 2.05) is 4.57 Å². The van der Waals surface area contributed by atoms with Crippen molar-refractivity contribution < 1.29 is 8.91 Å². The van der Waals surface area contributed by atoms with Gasteiger partial charge in [-0.05, 0) is 12.1 Å². The molecule has 2 heterocycles. The second-order valence-electron chi connectivity index (χ2n) is 4.03. The first-order chi connectivity index (χ1) is 9.28. The van der Waals surface area contributed by atoms with Crippen molar-refractivity contribution >= 4 is 22.6 Å². The van der Waals surface area contributed by atoms with Gasteiger partial charge in [-0.15, -0.1) is 11.6 Å². The highest BCUT2D eigenvalue weighted by atomic mass is 35.5. The Morgan fingerprint density at radius 3 is 3.00 bits per heavy atom. The van der Waals surface area contributed by atoms with Crippen LogP contribution in [0.15, 0.2) is 29.1 Å². The average Bonchev–Trinajstić information content (AvgIpc) is 2.99. The third-order valence-corrected chi connectivity index (χ3v) is 3.00. The van der Waals surface area contributed by atoms with Crippen LogP contribution in [0.5, 0.6) is 0 Å². The van der Waals surface area contributed by atoms with Crippen molar-refractivity contribution in [2.45, 2.75) is 13.0 Å². The molecule has 2 aromatic heterocycles. The lowest BCUT2D eigenvalue weighted by atomic mass is 10.3. The molecule has 98 valence electrons. The monoisotopic (exact) mass is 280 g/mol. The summed E-state index contributed by atoms with van der Waals surface area (Å²) in [5.74, 6) is 1.45. The van der Waals surface area contributed by atoms with Gasteiger partial charge in [0.2, 0.25) is 6.39 Å². The first-order valence-electron chi connectivity index (χ1n) is 5.74. The number of alkyl halides is 1. The van der Waals surface area contributed by atoms with Gasteiger partial charge in [-0.1, -0.05) is 5.16 Å². The molecule has 0 saturated heterocycles. The van der Waals surface area contributed by atoms with Gasteiger partial charge in [-0.3, -0.25) is 0 Å². The molecular formula is C12H10ClFN4O. The number of imidazole rings is 1. The topological polar surface area (TPSA) is 56.7 Å². The van der Waals surface area contributed by atoms with Gasteiger partial charge in [0.05, 0.1) is 17.6 Å². The SMILES string of the molecule is Fc1ccc2c(c1)nc(CCCl)n2Cc1ncon1. The minimum absolute atomic E-state index is 0.311. The third kappa shape index (κ3) is 2.31. The van der Waals surface area contributed by atoms with Crippen molar-refractivity contribution in [2.24, 2.45) is 0 Å². The molecule has 3 aromatic rings. The Labute approximate surface area is 113 Å². The Bertz CT molecular complexity index is 695. The van der Waals surface area contributed by atoms with Crippen molar-refractivity contribution in [1.29, 1.82) is 0 Å². The molecule has 0 unspecified atom stereocenters. The number of rotatable bonds is 4. The predicted molar refractivity (Wildman–Crippen MR) is 67.5 cm³/mol.